The zero-order chi connectivity index (χ0) is 12.3. The second-order valence-corrected chi connectivity index (χ2v) is 4.15. The van der Waals surface area contributed by atoms with Gasteiger partial charge < -0.3 is 0 Å². The molecule has 1 aromatic heterocycles. The van der Waals surface area contributed by atoms with Crippen molar-refractivity contribution in [1.82, 2.24) is 9.55 Å². The fourth-order valence-electron chi connectivity index (χ4n) is 1.78. The number of fused-ring (bicyclic) bond motifs is 1. The van der Waals surface area contributed by atoms with Crippen LogP contribution in [0.2, 0.25) is 0 Å². The van der Waals surface area contributed by atoms with E-state index in [9.17, 15) is 4.79 Å². The molecule has 0 aliphatic heterocycles. The topological polar surface area (TPSA) is 34.9 Å². The Labute approximate surface area is 100 Å². The minimum atomic E-state index is -0.228. The SMILES string of the molecule is CCCC=Cn1c(=O)ncc2cc(C)ccc21. The molecule has 0 fully saturated rings. The maximum atomic E-state index is 11.7. The summed E-state index contributed by atoms with van der Waals surface area (Å²) in [7, 11) is 0. The highest BCUT2D eigenvalue weighted by Crippen LogP contribution is 2.13. The van der Waals surface area contributed by atoms with E-state index in [4.69, 9.17) is 0 Å². The average Bonchev–Trinajstić information content (AvgIpc) is 2.32. The van der Waals surface area contributed by atoms with Crippen molar-refractivity contribution in [1.29, 1.82) is 0 Å². The molecule has 0 unspecified atom stereocenters. The number of rotatable bonds is 3. The minimum absolute atomic E-state index is 0.228. The Morgan fingerprint density at radius 2 is 2.24 bits per heavy atom. The second kappa shape index (κ2) is 4.95. The maximum absolute atomic E-state index is 11.7. The van der Waals surface area contributed by atoms with Gasteiger partial charge >= 0.3 is 5.69 Å². The Kier molecular flexibility index (Phi) is 3.38. The lowest BCUT2D eigenvalue weighted by Gasteiger charge is -2.04. The molecule has 1 aromatic carbocycles. The Balaban J connectivity index is 2.60. The molecule has 17 heavy (non-hydrogen) atoms. The third-order valence-corrected chi connectivity index (χ3v) is 2.67. The molecule has 88 valence electrons. The molecule has 0 aliphatic rings. The molecule has 0 amide bonds. The third kappa shape index (κ3) is 2.44. The van der Waals surface area contributed by atoms with Crippen LogP contribution in [-0.2, 0) is 0 Å². The molecule has 0 saturated heterocycles. The van der Waals surface area contributed by atoms with Gasteiger partial charge in [0.2, 0.25) is 0 Å². The number of allylic oxidation sites excluding steroid dienone is 1. The molecule has 0 atom stereocenters. The van der Waals surface area contributed by atoms with Gasteiger partial charge in [0.25, 0.3) is 0 Å². The van der Waals surface area contributed by atoms with Crippen LogP contribution in [0.4, 0.5) is 0 Å². The molecule has 0 radical (unpaired) electrons. The summed E-state index contributed by atoms with van der Waals surface area (Å²) in [6.45, 7) is 4.14. The lowest BCUT2D eigenvalue weighted by Crippen LogP contribution is -2.18. The maximum Gasteiger partial charge on any atom is 0.352 e. The van der Waals surface area contributed by atoms with Crippen LogP contribution >= 0.6 is 0 Å². The van der Waals surface area contributed by atoms with E-state index in [2.05, 4.69) is 11.9 Å². The summed E-state index contributed by atoms with van der Waals surface area (Å²) in [5.74, 6) is 0. The van der Waals surface area contributed by atoms with E-state index in [0.717, 1.165) is 23.7 Å². The summed E-state index contributed by atoms with van der Waals surface area (Å²) in [5, 5.41) is 0.991. The summed E-state index contributed by atoms with van der Waals surface area (Å²) in [6, 6.07) is 6.00. The molecule has 0 saturated carbocycles. The van der Waals surface area contributed by atoms with Crippen LogP contribution in [0.25, 0.3) is 17.1 Å². The minimum Gasteiger partial charge on any atom is -0.268 e. The predicted molar refractivity (Wildman–Crippen MR) is 71.0 cm³/mol. The number of hydrogen-bond acceptors (Lipinski definition) is 2. The van der Waals surface area contributed by atoms with Gasteiger partial charge in [0, 0.05) is 17.8 Å². The first-order chi connectivity index (χ1) is 8.22. The summed E-state index contributed by atoms with van der Waals surface area (Å²) in [6.07, 6.45) is 7.49. The standard InChI is InChI=1S/C14H16N2O/c1-3-4-5-8-16-13-7-6-11(2)9-12(13)10-15-14(16)17/h5-10H,3-4H2,1-2H3. The van der Waals surface area contributed by atoms with Crippen molar-refractivity contribution in [3.05, 3.63) is 46.5 Å². The molecule has 1 heterocycles. The third-order valence-electron chi connectivity index (χ3n) is 2.67. The highest BCUT2D eigenvalue weighted by atomic mass is 16.1. The van der Waals surface area contributed by atoms with Crippen molar-refractivity contribution in [2.75, 3.05) is 0 Å². The van der Waals surface area contributed by atoms with Crippen LogP contribution < -0.4 is 5.69 Å². The summed E-state index contributed by atoms with van der Waals surface area (Å²) in [5.41, 5.74) is 1.85. The van der Waals surface area contributed by atoms with E-state index < -0.39 is 0 Å². The fraction of sp³-hybridized carbons (Fsp3) is 0.286. The normalized spacial score (nSPS) is 11.4. The number of benzene rings is 1. The van der Waals surface area contributed by atoms with Crippen LogP contribution in [0.3, 0.4) is 0 Å². The van der Waals surface area contributed by atoms with Crippen LogP contribution in [0.5, 0.6) is 0 Å². The molecule has 3 heteroatoms. The first-order valence-electron chi connectivity index (χ1n) is 5.87. The highest BCUT2D eigenvalue weighted by Gasteiger charge is 2.01. The molecule has 0 N–H and O–H groups in total. The Hall–Kier alpha value is -1.90. The molecule has 2 rings (SSSR count). The number of aryl methyl sites for hydroxylation is 1. The average molecular weight is 228 g/mol. The van der Waals surface area contributed by atoms with Gasteiger partial charge in [-0.2, -0.15) is 0 Å². The van der Waals surface area contributed by atoms with E-state index in [1.165, 1.54) is 5.56 Å². The van der Waals surface area contributed by atoms with Gasteiger partial charge in [0.1, 0.15) is 0 Å². The lowest BCUT2D eigenvalue weighted by atomic mass is 10.2. The first kappa shape index (κ1) is 11.6. The van der Waals surface area contributed by atoms with E-state index >= 15 is 0 Å². The predicted octanol–water partition coefficient (Wildman–Crippen LogP) is 2.98. The number of unbranched alkanes of at least 4 members (excludes halogenated alkanes) is 1. The summed E-state index contributed by atoms with van der Waals surface area (Å²) >= 11 is 0. The Bertz CT molecular complexity index is 611. The van der Waals surface area contributed by atoms with Crippen LogP contribution in [-0.4, -0.2) is 9.55 Å². The van der Waals surface area contributed by atoms with Crippen LogP contribution in [0.1, 0.15) is 25.3 Å². The summed E-state index contributed by atoms with van der Waals surface area (Å²) in [4.78, 5) is 15.6. The van der Waals surface area contributed by atoms with Crippen molar-refractivity contribution >= 4 is 17.1 Å². The molecule has 3 nitrogen and oxygen atoms in total. The number of hydrogen-bond donors (Lipinski definition) is 0. The van der Waals surface area contributed by atoms with E-state index in [-0.39, 0.29) is 5.69 Å². The first-order valence-corrected chi connectivity index (χ1v) is 5.87. The molecular weight excluding hydrogens is 212 g/mol. The van der Waals surface area contributed by atoms with Crippen molar-refractivity contribution in [2.24, 2.45) is 0 Å². The number of aromatic nitrogens is 2. The van der Waals surface area contributed by atoms with Crippen LogP contribution in [0.15, 0.2) is 35.3 Å². The van der Waals surface area contributed by atoms with Gasteiger partial charge in [-0.1, -0.05) is 31.1 Å². The quantitative estimate of drug-likeness (QED) is 0.809. The van der Waals surface area contributed by atoms with E-state index in [1.807, 2.05) is 37.4 Å². The highest BCUT2D eigenvalue weighted by molar-refractivity contribution is 5.80. The lowest BCUT2D eigenvalue weighted by molar-refractivity contribution is 0.946. The van der Waals surface area contributed by atoms with Gasteiger partial charge in [-0.25, -0.2) is 9.78 Å². The van der Waals surface area contributed by atoms with Gasteiger partial charge in [0.15, 0.2) is 0 Å². The van der Waals surface area contributed by atoms with Gasteiger partial charge in [-0.15, -0.1) is 0 Å². The molecule has 0 aliphatic carbocycles. The monoisotopic (exact) mass is 228 g/mol. The van der Waals surface area contributed by atoms with Gasteiger partial charge in [0.05, 0.1) is 5.52 Å². The molecule has 0 bridgehead atoms. The largest absolute Gasteiger partial charge is 0.352 e. The van der Waals surface area contributed by atoms with E-state index in [0.29, 0.717) is 0 Å². The van der Waals surface area contributed by atoms with Crippen molar-refractivity contribution in [3.8, 4) is 0 Å². The molecule has 0 spiro atoms. The zero-order valence-electron chi connectivity index (χ0n) is 10.2. The van der Waals surface area contributed by atoms with Gasteiger partial charge in [-0.3, -0.25) is 4.57 Å². The van der Waals surface area contributed by atoms with Gasteiger partial charge in [-0.05, 0) is 25.5 Å². The van der Waals surface area contributed by atoms with Crippen molar-refractivity contribution < 1.29 is 0 Å². The van der Waals surface area contributed by atoms with Crippen LogP contribution in [0, 0.1) is 6.92 Å². The van der Waals surface area contributed by atoms with Crippen molar-refractivity contribution in [3.63, 3.8) is 0 Å². The molecular formula is C14H16N2O. The Morgan fingerprint density at radius 3 is 3.00 bits per heavy atom. The molecule has 2 aromatic rings. The zero-order valence-corrected chi connectivity index (χ0v) is 10.2. The second-order valence-electron chi connectivity index (χ2n) is 4.15. The van der Waals surface area contributed by atoms with E-state index in [1.54, 1.807) is 10.8 Å². The summed E-state index contributed by atoms with van der Waals surface area (Å²) < 4.78 is 1.60. The smallest absolute Gasteiger partial charge is 0.268 e. The number of nitrogens with zero attached hydrogens (tertiary/aromatic N) is 2. The Morgan fingerprint density at radius 1 is 1.41 bits per heavy atom. The van der Waals surface area contributed by atoms with Crippen molar-refractivity contribution in [2.45, 2.75) is 26.7 Å². The fourth-order valence-corrected chi connectivity index (χ4v) is 1.78.